The number of aryl methyl sites for hydroxylation is 1. The van der Waals surface area contributed by atoms with Gasteiger partial charge in [0.25, 0.3) is 11.2 Å². The second-order valence-corrected chi connectivity index (χ2v) is 11.6. The lowest BCUT2D eigenvalue weighted by Gasteiger charge is -2.17. The van der Waals surface area contributed by atoms with Gasteiger partial charge in [0.2, 0.25) is 5.88 Å². The quantitative estimate of drug-likeness (QED) is 0.0910. The van der Waals surface area contributed by atoms with Gasteiger partial charge >= 0.3 is 0 Å². The Labute approximate surface area is 263 Å². The van der Waals surface area contributed by atoms with Crippen molar-refractivity contribution in [3.63, 3.8) is 0 Å². The van der Waals surface area contributed by atoms with E-state index >= 15 is 0 Å². The number of ether oxygens (including phenoxy) is 2. The number of hydrogen-bond donors (Lipinski definition) is 0. The van der Waals surface area contributed by atoms with Crippen LogP contribution in [0, 0.1) is 17.0 Å². The van der Waals surface area contributed by atoms with Crippen molar-refractivity contribution < 1.29 is 14.4 Å². The van der Waals surface area contributed by atoms with Gasteiger partial charge in [0.05, 0.1) is 38.1 Å². The van der Waals surface area contributed by atoms with Crippen molar-refractivity contribution in [3.05, 3.63) is 113 Å². The van der Waals surface area contributed by atoms with Crippen molar-refractivity contribution in [2.24, 2.45) is 5.10 Å². The Morgan fingerprint density at radius 1 is 1.07 bits per heavy atom. The van der Waals surface area contributed by atoms with Gasteiger partial charge in [-0.3, -0.25) is 14.9 Å². The first kappa shape index (κ1) is 30.1. The highest BCUT2D eigenvalue weighted by atomic mass is 79.9. The third-order valence-corrected chi connectivity index (χ3v) is 7.85. The molecule has 0 radical (unpaired) electrons. The van der Waals surface area contributed by atoms with Crippen LogP contribution in [0.4, 0.5) is 5.69 Å². The Morgan fingerprint density at radius 2 is 1.79 bits per heavy atom. The molecule has 0 N–H and O–H groups in total. The van der Waals surface area contributed by atoms with Crippen LogP contribution >= 0.6 is 31.9 Å². The zero-order chi connectivity index (χ0) is 30.8. The molecule has 10 nitrogen and oxygen atoms in total. The number of pyridine rings is 1. The monoisotopic (exact) mass is 705 g/mol. The standard InChI is InChI=1S/C31H25Br2N5O5/c1-17(2)22-14-23(18(3)11-27(22)42-4)30-36-26-8-6-5-7-21(26)31(39)37(30)35-15-19-12-24(32)29(25(33)13-19)43-28-10-9-20(16-34-28)38(40)41/h5-17H,1-4H3. The topological polar surface area (TPSA) is 122 Å². The molecule has 3 aromatic carbocycles. The zero-order valence-corrected chi connectivity index (χ0v) is 26.7. The summed E-state index contributed by atoms with van der Waals surface area (Å²) in [6, 6.07) is 17.4. The Morgan fingerprint density at radius 3 is 2.42 bits per heavy atom. The van der Waals surface area contributed by atoms with E-state index in [1.54, 1.807) is 37.6 Å². The van der Waals surface area contributed by atoms with E-state index in [4.69, 9.17) is 14.5 Å². The fourth-order valence-electron chi connectivity index (χ4n) is 4.49. The van der Waals surface area contributed by atoms with Crippen LogP contribution in [0.15, 0.2) is 85.7 Å². The van der Waals surface area contributed by atoms with Crippen molar-refractivity contribution in [1.82, 2.24) is 14.6 Å². The van der Waals surface area contributed by atoms with Crippen molar-refractivity contribution in [2.75, 3.05) is 7.11 Å². The van der Waals surface area contributed by atoms with Gasteiger partial charge in [-0.15, -0.1) is 0 Å². The smallest absolute Gasteiger partial charge is 0.287 e. The molecule has 0 saturated heterocycles. The van der Waals surface area contributed by atoms with E-state index in [-0.39, 0.29) is 23.0 Å². The van der Waals surface area contributed by atoms with Gasteiger partial charge in [-0.05, 0) is 97.8 Å². The molecular weight excluding hydrogens is 682 g/mol. The lowest BCUT2D eigenvalue weighted by atomic mass is 9.96. The summed E-state index contributed by atoms with van der Waals surface area (Å²) >= 11 is 7.03. The Bertz CT molecular complexity index is 1930. The van der Waals surface area contributed by atoms with Crippen LogP contribution in [0.3, 0.4) is 0 Å². The number of nitro groups is 1. The summed E-state index contributed by atoms with van der Waals surface area (Å²) in [5.41, 5.74) is 3.43. The highest BCUT2D eigenvalue weighted by Gasteiger charge is 2.19. The number of benzene rings is 3. The first-order valence-electron chi connectivity index (χ1n) is 13.1. The third-order valence-electron chi connectivity index (χ3n) is 6.67. The molecule has 0 unspecified atom stereocenters. The van der Waals surface area contributed by atoms with E-state index in [0.717, 1.165) is 28.6 Å². The molecule has 2 heterocycles. The molecule has 0 spiro atoms. The molecule has 0 aliphatic carbocycles. The lowest BCUT2D eigenvalue weighted by Crippen LogP contribution is -2.20. The number of rotatable bonds is 8. The molecule has 0 aliphatic rings. The Hall–Kier alpha value is -4.42. The molecular formula is C31H25Br2N5O5. The average Bonchev–Trinajstić information content (AvgIpc) is 2.98. The van der Waals surface area contributed by atoms with Gasteiger partial charge in [0, 0.05) is 17.7 Å². The van der Waals surface area contributed by atoms with E-state index in [9.17, 15) is 14.9 Å². The highest BCUT2D eigenvalue weighted by Crippen LogP contribution is 2.38. The second-order valence-electron chi connectivity index (χ2n) is 9.91. The Balaban J connectivity index is 1.58. The summed E-state index contributed by atoms with van der Waals surface area (Å²) in [6.07, 6.45) is 2.69. The number of hydrogen-bond acceptors (Lipinski definition) is 8. The first-order chi connectivity index (χ1) is 20.6. The van der Waals surface area contributed by atoms with Crippen molar-refractivity contribution in [3.8, 4) is 28.8 Å². The summed E-state index contributed by atoms with van der Waals surface area (Å²) < 4.78 is 13.9. The summed E-state index contributed by atoms with van der Waals surface area (Å²) in [5, 5.41) is 16.0. The maximum Gasteiger partial charge on any atom is 0.287 e. The Kier molecular flexibility index (Phi) is 8.69. The van der Waals surface area contributed by atoms with Gasteiger partial charge in [-0.2, -0.15) is 9.78 Å². The van der Waals surface area contributed by atoms with Gasteiger partial charge < -0.3 is 9.47 Å². The second kappa shape index (κ2) is 12.4. The third kappa shape index (κ3) is 6.20. The lowest BCUT2D eigenvalue weighted by molar-refractivity contribution is -0.385. The molecule has 0 atom stereocenters. The van der Waals surface area contributed by atoms with E-state index in [0.29, 0.717) is 37.0 Å². The fourth-order valence-corrected chi connectivity index (χ4v) is 5.88. The summed E-state index contributed by atoms with van der Waals surface area (Å²) in [5.74, 6) is 1.95. The number of methoxy groups -OCH3 is 1. The molecule has 218 valence electrons. The maximum atomic E-state index is 13.8. The van der Waals surface area contributed by atoms with Crippen LogP contribution in [0.2, 0.25) is 0 Å². The predicted octanol–water partition coefficient (Wildman–Crippen LogP) is 8.01. The SMILES string of the molecule is COc1cc(C)c(-c2nc3ccccc3c(=O)n2N=Cc2cc(Br)c(Oc3ccc([N+](=O)[O-])cn3)c(Br)c2)cc1C(C)C. The minimum atomic E-state index is -0.530. The van der Waals surface area contributed by atoms with E-state index in [2.05, 4.69) is 55.8 Å². The van der Waals surface area contributed by atoms with Crippen LogP contribution in [-0.4, -0.2) is 32.9 Å². The van der Waals surface area contributed by atoms with Gasteiger partial charge in [0.1, 0.15) is 11.9 Å². The fraction of sp³-hybridized carbons (Fsp3) is 0.161. The van der Waals surface area contributed by atoms with Crippen LogP contribution in [0.5, 0.6) is 17.4 Å². The van der Waals surface area contributed by atoms with Crippen LogP contribution in [0.1, 0.15) is 36.5 Å². The molecule has 0 saturated carbocycles. The molecule has 0 fully saturated rings. The number of fused-ring (bicyclic) bond motifs is 1. The molecule has 43 heavy (non-hydrogen) atoms. The summed E-state index contributed by atoms with van der Waals surface area (Å²) in [6.45, 7) is 6.11. The average molecular weight is 707 g/mol. The van der Waals surface area contributed by atoms with Gasteiger partial charge in [0.15, 0.2) is 11.6 Å². The summed E-state index contributed by atoms with van der Waals surface area (Å²) in [4.78, 5) is 33.0. The number of nitrogens with zero attached hydrogens (tertiary/aromatic N) is 5. The number of halogens is 2. The molecule has 2 aromatic heterocycles. The molecule has 5 rings (SSSR count). The zero-order valence-electron chi connectivity index (χ0n) is 23.5. The molecule has 12 heteroatoms. The minimum Gasteiger partial charge on any atom is -0.496 e. The van der Waals surface area contributed by atoms with Gasteiger partial charge in [-0.1, -0.05) is 26.0 Å². The first-order valence-corrected chi connectivity index (χ1v) is 14.7. The van der Waals surface area contributed by atoms with E-state index in [1.165, 1.54) is 16.8 Å². The summed E-state index contributed by atoms with van der Waals surface area (Å²) in [7, 11) is 1.64. The largest absolute Gasteiger partial charge is 0.496 e. The molecule has 5 aromatic rings. The van der Waals surface area contributed by atoms with E-state index < -0.39 is 4.92 Å². The van der Waals surface area contributed by atoms with Crippen LogP contribution in [0.25, 0.3) is 22.3 Å². The van der Waals surface area contributed by atoms with Crippen LogP contribution in [-0.2, 0) is 0 Å². The molecule has 0 aliphatic heterocycles. The molecule has 0 amide bonds. The highest BCUT2D eigenvalue weighted by molar-refractivity contribution is 9.11. The van der Waals surface area contributed by atoms with Crippen molar-refractivity contribution >= 4 is 54.7 Å². The maximum absolute atomic E-state index is 13.8. The normalized spacial score (nSPS) is 11.4. The van der Waals surface area contributed by atoms with Crippen LogP contribution < -0.4 is 15.0 Å². The molecule has 0 bridgehead atoms. The number of para-hydroxylation sites is 1. The van der Waals surface area contributed by atoms with Gasteiger partial charge in [-0.25, -0.2) is 9.97 Å². The van der Waals surface area contributed by atoms with E-state index in [1.807, 2.05) is 31.2 Å². The van der Waals surface area contributed by atoms with Crippen molar-refractivity contribution in [1.29, 1.82) is 0 Å². The predicted molar refractivity (Wildman–Crippen MR) is 173 cm³/mol. The minimum absolute atomic E-state index is 0.139. The van der Waals surface area contributed by atoms with Crippen molar-refractivity contribution in [2.45, 2.75) is 26.7 Å². The number of aromatic nitrogens is 3.